The highest BCUT2D eigenvalue weighted by Gasteiger charge is 2.41. The largest absolute Gasteiger partial charge is 0.331 e. The number of hydrogen-bond acceptors (Lipinski definition) is 3. The molecule has 0 saturated carbocycles. The van der Waals surface area contributed by atoms with Crippen molar-refractivity contribution in [3.05, 3.63) is 35.5 Å². The van der Waals surface area contributed by atoms with Crippen LogP contribution in [0.25, 0.3) is 0 Å². The molecule has 3 aliphatic heterocycles. The first-order chi connectivity index (χ1) is 10.8. The molecular weight excluding hydrogens is 274 g/mol. The number of carbonyl (C=O) groups excluding carboxylic acids is 1. The van der Waals surface area contributed by atoms with E-state index in [1.165, 1.54) is 31.5 Å². The molecule has 118 valence electrons. The Morgan fingerprint density at radius 3 is 2.95 bits per heavy atom. The molecule has 0 aromatic carbocycles. The van der Waals surface area contributed by atoms with Gasteiger partial charge in [-0.25, -0.2) is 0 Å². The van der Waals surface area contributed by atoms with Crippen molar-refractivity contribution in [3.63, 3.8) is 0 Å². The number of allylic oxidation sites excluding steroid dienone is 2. The Hall–Kier alpha value is -1.39. The third kappa shape index (κ3) is 2.55. The van der Waals surface area contributed by atoms with Gasteiger partial charge in [-0.2, -0.15) is 0 Å². The van der Waals surface area contributed by atoms with Crippen LogP contribution in [0.1, 0.15) is 19.3 Å². The number of likely N-dealkylation sites (tertiary alicyclic amines) is 1. The first-order valence-corrected chi connectivity index (χ1v) is 8.66. The Labute approximate surface area is 132 Å². The van der Waals surface area contributed by atoms with Crippen molar-refractivity contribution in [1.29, 1.82) is 0 Å². The normalized spacial score (nSPS) is 30.5. The van der Waals surface area contributed by atoms with Gasteiger partial charge in [0.15, 0.2) is 0 Å². The zero-order valence-corrected chi connectivity index (χ0v) is 13.1. The highest BCUT2D eigenvalue weighted by Crippen LogP contribution is 2.37. The smallest absolute Gasteiger partial charge is 0.251 e. The van der Waals surface area contributed by atoms with Crippen LogP contribution in [-0.2, 0) is 4.79 Å². The van der Waals surface area contributed by atoms with Crippen LogP contribution in [-0.4, -0.2) is 61.0 Å². The molecule has 0 aromatic rings. The van der Waals surface area contributed by atoms with Crippen molar-refractivity contribution in [1.82, 2.24) is 15.1 Å². The van der Waals surface area contributed by atoms with Gasteiger partial charge in [0, 0.05) is 37.7 Å². The average molecular weight is 299 g/mol. The summed E-state index contributed by atoms with van der Waals surface area (Å²) in [5.74, 6) is 0.776. The van der Waals surface area contributed by atoms with Crippen LogP contribution in [0, 0.1) is 5.92 Å². The number of rotatable bonds is 5. The first-order valence-electron chi connectivity index (χ1n) is 8.66. The van der Waals surface area contributed by atoms with Crippen molar-refractivity contribution in [2.24, 2.45) is 5.92 Å². The zero-order chi connectivity index (χ0) is 14.9. The first kappa shape index (κ1) is 14.2. The summed E-state index contributed by atoms with van der Waals surface area (Å²) < 4.78 is 0. The predicted molar refractivity (Wildman–Crippen MR) is 87.5 cm³/mol. The molecule has 1 N–H and O–H groups in total. The van der Waals surface area contributed by atoms with Crippen LogP contribution >= 0.6 is 0 Å². The third-order valence-corrected chi connectivity index (χ3v) is 5.43. The second-order valence-corrected chi connectivity index (χ2v) is 6.84. The molecule has 2 saturated heterocycles. The van der Waals surface area contributed by atoms with E-state index < -0.39 is 0 Å². The predicted octanol–water partition coefficient (Wildman–Crippen LogP) is 1.33. The Bertz CT molecular complexity index is 543. The molecule has 2 fully saturated rings. The van der Waals surface area contributed by atoms with E-state index >= 15 is 0 Å². The minimum atomic E-state index is 0.244. The topological polar surface area (TPSA) is 35.6 Å². The Balaban J connectivity index is 1.37. The highest BCUT2D eigenvalue weighted by atomic mass is 16.2. The lowest BCUT2D eigenvalue weighted by Gasteiger charge is -2.34. The zero-order valence-electron chi connectivity index (χ0n) is 13.1. The molecule has 1 amide bonds. The third-order valence-electron chi connectivity index (χ3n) is 5.43. The summed E-state index contributed by atoms with van der Waals surface area (Å²) in [5.41, 5.74) is 2.25. The van der Waals surface area contributed by atoms with Crippen molar-refractivity contribution < 1.29 is 4.79 Å². The van der Waals surface area contributed by atoms with Crippen LogP contribution in [0.3, 0.4) is 0 Å². The monoisotopic (exact) mass is 299 g/mol. The molecule has 1 aliphatic carbocycles. The Kier molecular flexibility index (Phi) is 3.89. The number of amides is 1. The molecular formula is C18H25N3O. The van der Waals surface area contributed by atoms with Gasteiger partial charge in [0.05, 0.1) is 6.04 Å². The Morgan fingerprint density at radius 1 is 1.23 bits per heavy atom. The molecule has 4 rings (SSSR count). The molecule has 4 heteroatoms. The van der Waals surface area contributed by atoms with Crippen LogP contribution in [0.4, 0.5) is 0 Å². The second kappa shape index (κ2) is 6.01. The fourth-order valence-electron chi connectivity index (χ4n) is 4.25. The molecule has 4 aliphatic rings. The summed E-state index contributed by atoms with van der Waals surface area (Å²) in [6, 6.07) is 0.311. The van der Waals surface area contributed by atoms with Crippen LogP contribution in [0.15, 0.2) is 35.5 Å². The molecule has 2 unspecified atom stereocenters. The molecule has 3 heterocycles. The number of nitrogens with one attached hydrogen (secondary N) is 1. The van der Waals surface area contributed by atoms with Gasteiger partial charge in [-0.05, 0) is 44.0 Å². The average Bonchev–Trinajstić information content (AvgIpc) is 3.18. The van der Waals surface area contributed by atoms with Gasteiger partial charge in [0.2, 0.25) is 0 Å². The van der Waals surface area contributed by atoms with Gasteiger partial charge < -0.3 is 15.1 Å². The summed E-state index contributed by atoms with van der Waals surface area (Å²) in [4.78, 5) is 17.2. The molecule has 4 nitrogen and oxygen atoms in total. The summed E-state index contributed by atoms with van der Waals surface area (Å²) >= 11 is 0. The molecule has 0 aromatic heterocycles. The van der Waals surface area contributed by atoms with E-state index in [1.54, 1.807) is 0 Å². The molecule has 22 heavy (non-hydrogen) atoms. The number of carbonyl (C=O) groups is 1. The lowest BCUT2D eigenvalue weighted by atomic mass is 9.86. The summed E-state index contributed by atoms with van der Waals surface area (Å²) in [5, 5.41) is 3.46. The second-order valence-electron chi connectivity index (χ2n) is 6.84. The number of nitrogens with zero attached hydrogens (tertiary/aromatic N) is 2. The highest BCUT2D eigenvalue weighted by molar-refractivity contribution is 5.97. The maximum atomic E-state index is 12.6. The van der Waals surface area contributed by atoms with E-state index in [2.05, 4.69) is 39.4 Å². The van der Waals surface area contributed by atoms with Crippen molar-refractivity contribution in [2.45, 2.75) is 25.3 Å². The Morgan fingerprint density at radius 2 is 2.09 bits per heavy atom. The standard InChI is InChI=1S/C18H25N3O/c22-18-16(13-19-7-11-20-8-1-2-9-20)12-15-5-3-4-14-6-10-21(18)17(14)15/h3-5,12,14,17,19H,1-2,6-11,13H2. The van der Waals surface area contributed by atoms with E-state index in [1.807, 2.05) is 0 Å². The molecule has 0 radical (unpaired) electrons. The van der Waals surface area contributed by atoms with E-state index in [0.717, 1.165) is 31.6 Å². The van der Waals surface area contributed by atoms with Gasteiger partial charge in [0.25, 0.3) is 5.91 Å². The molecule has 2 atom stereocenters. The molecule has 0 spiro atoms. The maximum absolute atomic E-state index is 12.6. The van der Waals surface area contributed by atoms with E-state index in [-0.39, 0.29) is 5.91 Å². The van der Waals surface area contributed by atoms with E-state index in [0.29, 0.717) is 18.5 Å². The van der Waals surface area contributed by atoms with Crippen LogP contribution in [0.2, 0.25) is 0 Å². The minimum Gasteiger partial charge on any atom is -0.331 e. The summed E-state index contributed by atoms with van der Waals surface area (Å²) in [7, 11) is 0. The summed E-state index contributed by atoms with van der Waals surface area (Å²) in [6.07, 6.45) is 12.5. The maximum Gasteiger partial charge on any atom is 0.251 e. The van der Waals surface area contributed by atoms with Crippen LogP contribution in [0.5, 0.6) is 0 Å². The fourth-order valence-corrected chi connectivity index (χ4v) is 4.25. The van der Waals surface area contributed by atoms with Gasteiger partial charge in [-0.15, -0.1) is 0 Å². The van der Waals surface area contributed by atoms with Gasteiger partial charge in [-0.3, -0.25) is 4.79 Å². The lowest BCUT2D eigenvalue weighted by Crippen LogP contribution is -2.45. The van der Waals surface area contributed by atoms with Gasteiger partial charge >= 0.3 is 0 Å². The molecule has 0 bridgehead atoms. The fraction of sp³-hybridized carbons (Fsp3) is 0.611. The van der Waals surface area contributed by atoms with Crippen molar-refractivity contribution >= 4 is 5.91 Å². The van der Waals surface area contributed by atoms with E-state index in [4.69, 9.17) is 0 Å². The van der Waals surface area contributed by atoms with Crippen molar-refractivity contribution in [3.8, 4) is 0 Å². The lowest BCUT2D eigenvalue weighted by molar-refractivity contribution is -0.128. The SMILES string of the molecule is O=C1C(CNCCN2CCCC2)=CC2=CC=CC3CCN1C23. The quantitative estimate of drug-likeness (QED) is 0.778. The van der Waals surface area contributed by atoms with Crippen LogP contribution < -0.4 is 5.32 Å². The van der Waals surface area contributed by atoms with Gasteiger partial charge in [-0.1, -0.05) is 18.2 Å². The summed E-state index contributed by atoms with van der Waals surface area (Å²) in [6.45, 7) is 6.14. The van der Waals surface area contributed by atoms with E-state index in [9.17, 15) is 4.79 Å². The minimum absolute atomic E-state index is 0.244. The van der Waals surface area contributed by atoms with Crippen molar-refractivity contribution in [2.75, 3.05) is 39.3 Å². The number of hydrogen-bond donors (Lipinski definition) is 1. The van der Waals surface area contributed by atoms with Gasteiger partial charge in [0.1, 0.15) is 0 Å².